The molecule has 2 N–H and O–H groups in total. The third-order valence-electron chi connectivity index (χ3n) is 4.79. The molecule has 0 unspecified atom stereocenters. The molecule has 1 heterocycles. The van der Waals surface area contributed by atoms with Gasteiger partial charge < -0.3 is 10.4 Å². The van der Waals surface area contributed by atoms with E-state index in [-0.39, 0.29) is 17.7 Å². The topological polar surface area (TPSA) is 52.6 Å². The van der Waals surface area contributed by atoms with Gasteiger partial charge in [-0.3, -0.25) is 9.69 Å². The van der Waals surface area contributed by atoms with E-state index in [1.165, 1.54) is 31.5 Å². The molecule has 4 heteroatoms. The Morgan fingerprint density at radius 2 is 1.84 bits per heavy atom. The number of amides is 1. The van der Waals surface area contributed by atoms with Crippen molar-refractivity contribution in [1.29, 1.82) is 0 Å². The fourth-order valence-corrected chi connectivity index (χ4v) is 3.38. The Bertz CT molecular complexity index is 540. The van der Waals surface area contributed by atoms with Gasteiger partial charge in [-0.15, -0.1) is 0 Å². The molecule has 0 radical (unpaired) electrons. The van der Waals surface area contributed by atoms with Crippen LogP contribution in [-0.2, 0) is 11.3 Å². The minimum atomic E-state index is -0.597. The highest BCUT2D eigenvalue weighted by Gasteiger charge is 2.19. The van der Waals surface area contributed by atoms with E-state index < -0.39 is 6.10 Å². The van der Waals surface area contributed by atoms with Crippen molar-refractivity contribution in [3.05, 3.63) is 29.8 Å². The highest BCUT2D eigenvalue weighted by molar-refractivity contribution is 5.90. The lowest BCUT2D eigenvalue weighted by molar-refractivity contribution is -0.118. The number of aliphatic hydroxyl groups excluding tert-OH is 1. The summed E-state index contributed by atoms with van der Waals surface area (Å²) in [4.78, 5) is 14.6. The number of hydrogen-bond acceptors (Lipinski definition) is 3. The number of piperidine rings is 1. The van der Waals surface area contributed by atoms with E-state index in [1.807, 2.05) is 12.1 Å². The molecule has 1 aromatic rings. The minimum absolute atomic E-state index is 0.0214. The summed E-state index contributed by atoms with van der Waals surface area (Å²) in [5.41, 5.74) is 2.09. The lowest BCUT2D eigenvalue weighted by Crippen LogP contribution is -2.32. The average Bonchev–Trinajstić information content (AvgIpc) is 2.49. The second kappa shape index (κ2) is 8.81. The van der Waals surface area contributed by atoms with Gasteiger partial charge in [-0.1, -0.05) is 39.8 Å². The van der Waals surface area contributed by atoms with Crippen molar-refractivity contribution < 1.29 is 9.90 Å². The number of benzene rings is 1. The standard InChI is InChI=1S/C21H34N2O2/c1-16-9-11-23(12-10-16)15-17-5-7-18(8-6-17)22-20(25)13-19(24)14-21(2,3)4/h5-8,16,19,24H,9-15H2,1-4H3,(H,22,25)/t19-/m1/s1. The van der Waals surface area contributed by atoms with E-state index in [4.69, 9.17) is 0 Å². The normalized spacial score (nSPS) is 18.1. The first-order chi connectivity index (χ1) is 11.7. The van der Waals surface area contributed by atoms with Gasteiger partial charge in [0.15, 0.2) is 0 Å². The van der Waals surface area contributed by atoms with E-state index >= 15 is 0 Å². The van der Waals surface area contributed by atoms with Crippen molar-refractivity contribution in [2.75, 3.05) is 18.4 Å². The van der Waals surface area contributed by atoms with Gasteiger partial charge in [0.25, 0.3) is 0 Å². The van der Waals surface area contributed by atoms with Gasteiger partial charge in [0.05, 0.1) is 12.5 Å². The van der Waals surface area contributed by atoms with Crippen LogP contribution in [0.4, 0.5) is 5.69 Å². The number of aliphatic hydroxyl groups is 1. The van der Waals surface area contributed by atoms with Crippen LogP contribution in [0.3, 0.4) is 0 Å². The Labute approximate surface area is 152 Å². The monoisotopic (exact) mass is 346 g/mol. The number of carbonyl (C=O) groups is 1. The van der Waals surface area contributed by atoms with Crippen molar-refractivity contribution in [3.63, 3.8) is 0 Å². The van der Waals surface area contributed by atoms with Gasteiger partial charge in [-0.25, -0.2) is 0 Å². The number of rotatable bonds is 6. The summed E-state index contributed by atoms with van der Waals surface area (Å²) in [5, 5.41) is 12.9. The van der Waals surface area contributed by atoms with Gasteiger partial charge in [-0.2, -0.15) is 0 Å². The molecule has 1 fully saturated rings. The van der Waals surface area contributed by atoms with Crippen LogP contribution in [0.1, 0.15) is 58.9 Å². The number of nitrogens with one attached hydrogen (secondary N) is 1. The molecule has 0 aromatic heterocycles. The second-order valence-electron chi connectivity index (χ2n) is 8.83. The fourth-order valence-electron chi connectivity index (χ4n) is 3.38. The molecule has 1 aliphatic heterocycles. The first kappa shape index (κ1) is 19.9. The van der Waals surface area contributed by atoms with Crippen LogP contribution in [-0.4, -0.2) is 35.1 Å². The molecule has 1 aliphatic rings. The summed E-state index contributed by atoms with van der Waals surface area (Å²) >= 11 is 0. The fraction of sp³-hybridized carbons (Fsp3) is 0.667. The zero-order chi connectivity index (χ0) is 18.4. The first-order valence-corrected chi connectivity index (χ1v) is 9.50. The summed E-state index contributed by atoms with van der Waals surface area (Å²) < 4.78 is 0. The third kappa shape index (κ3) is 7.57. The molecule has 2 rings (SSSR count). The van der Waals surface area contributed by atoms with Crippen LogP contribution in [0, 0.1) is 11.3 Å². The minimum Gasteiger partial charge on any atom is -0.393 e. The largest absolute Gasteiger partial charge is 0.393 e. The summed E-state index contributed by atoms with van der Waals surface area (Å²) in [6.45, 7) is 11.8. The number of hydrogen-bond donors (Lipinski definition) is 2. The number of anilines is 1. The maximum atomic E-state index is 12.1. The maximum Gasteiger partial charge on any atom is 0.226 e. The molecule has 0 saturated carbocycles. The van der Waals surface area contributed by atoms with Crippen molar-refractivity contribution in [1.82, 2.24) is 4.90 Å². The van der Waals surface area contributed by atoms with E-state index in [0.29, 0.717) is 6.42 Å². The Morgan fingerprint density at radius 1 is 1.24 bits per heavy atom. The lowest BCUT2D eigenvalue weighted by Gasteiger charge is -2.30. The average molecular weight is 347 g/mol. The number of carbonyl (C=O) groups excluding carboxylic acids is 1. The zero-order valence-electron chi connectivity index (χ0n) is 16.2. The maximum absolute atomic E-state index is 12.1. The molecule has 25 heavy (non-hydrogen) atoms. The van der Waals surface area contributed by atoms with Gasteiger partial charge in [0.1, 0.15) is 0 Å². The molecule has 140 valence electrons. The smallest absolute Gasteiger partial charge is 0.226 e. The predicted molar refractivity (Wildman–Crippen MR) is 103 cm³/mol. The molecule has 1 saturated heterocycles. The van der Waals surface area contributed by atoms with E-state index in [1.54, 1.807) is 0 Å². The van der Waals surface area contributed by atoms with Crippen molar-refractivity contribution in [2.24, 2.45) is 11.3 Å². The molecule has 0 bridgehead atoms. The van der Waals surface area contributed by atoms with Crippen LogP contribution < -0.4 is 5.32 Å². The van der Waals surface area contributed by atoms with Crippen LogP contribution in [0.15, 0.2) is 24.3 Å². The molecular weight excluding hydrogens is 312 g/mol. The summed E-state index contributed by atoms with van der Waals surface area (Å²) in [6, 6.07) is 8.07. The van der Waals surface area contributed by atoms with Crippen LogP contribution >= 0.6 is 0 Å². The summed E-state index contributed by atoms with van der Waals surface area (Å²) in [5.74, 6) is 0.719. The van der Waals surface area contributed by atoms with Gasteiger partial charge in [0.2, 0.25) is 5.91 Å². The lowest BCUT2D eigenvalue weighted by atomic mass is 9.88. The molecule has 1 amide bonds. The molecule has 0 aliphatic carbocycles. The molecule has 4 nitrogen and oxygen atoms in total. The zero-order valence-corrected chi connectivity index (χ0v) is 16.2. The van der Waals surface area contributed by atoms with Gasteiger partial charge in [-0.05, 0) is 61.4 Å². The molecule has 0 spiro atoms. The van der Waals surface area contributed by atoms with Crippen LogP contribution in [0.5, 0.6) is 0 Å². The summed E-state index contributed by atoms with van der Waals surface area (Å²) in [6.07, 6.45) is 2.73. The first-order valence-electron chi connectivity index (χ1n) is 9.50. The van der Waals surface area contributed by atoms with E-state index in [0.717, 1.165) is 18.2 Å². The second-order valence-corrected chi connectivity index (χ2v) is 8.83. The Balaban J connectivity index is 1.78. The Morgan fingerprint density at radius 3 is 2.40 bits per heavy atom. The van der Waals surface area contributed by atoms with E-state index in [9.17, 15) is 9.90 Å². The Hall–Kier alpha value is -1.39. The predicted octanol–water partition coefficient (Wildman–Crippen LogP) is 4.04. The quantitative estimate of drug-likeness (QED) is 0.817. The highest BCUT2D eigenvalue weighted by Crippen LogP contribution is 2.22. The van der Waals surface area contributed by atoms with Gasteiger partial charge in [0, 0.05) is 12.2 Å². The molecule has 1 aromatic carbocycles. The number of nitrogens with zero attached hydrogens (tertiary/aromatic N) is 1. The van der Waals surface area contributed by atoms with Gasteiger partial charge >= 0.3 is 0 Å². The van der Waals surface area contributed by atoms with Crippen molar-refractivity contribution >= 4 is 11.6 Å². The third-order valence-corrected chi connectivity index (χ3v) is 4.79. The molecular formula is C21H34N2O2. The summed E-state index contributed by atoms with van der Waals surface area (Å²) in [7, 11) is 0. The number of likely N-dealkylation sites (tertiary alicyclic amines) is 1. The highest BCUT2D eigenvalue weighted by atomic mass is 16.3. The van der Waals surface area contributed by atoms with Crippen LogP contribution in [0.2, 0.25) is 0 Å². The van der Waals surface area contributed by atoms with E-state index in [2.05, 4.69) is 50.0 Å². The Kier molecular flexibility index (Phi) is 7.03. The molecule has 1 atom stereocenters. The SMILES string of the molecule is CC1CCN(Cc2ccc(NC(=O)C[C@@H](O)CC(C)(C)C)cc2)CC1. The van der Waals surface area contributed by atoms with Crippen molar-refractivity contribution in [3.8, 4) is 0 Å². The van der Waals surface area contributed by atoms with Crippen LogP contribution in [0.25, 0.3) is 0 Å². The van der Waals surface area contributed by atoms with Crippen molar-refractivity contribution in [2.45, 2.75) is 66.0 Å².